The Morgan fingerprint density at radius 3 is 2.67 bits per heavy atom. The molecule has 0 aliphatic heterocycles. The van der Waals surface area contributed by atoms with Gasteiger partial charge in [0.25, 0.3) is 0 Å². The summed E-state index contributed by atoms with van der Waals surface area (Å²) in [6, 6.07) is 9.50. The first-order valence-electron chi connectivity index (χ1n) is 5.77. The van der Waals surface area contributed by atoms with E-state index < -0.39 is 11.9 Å². The minimum absolute atomic E-state index is 0.156. The fourth-order valence-electron chi connectivity index (χ4n) is 1.51. The van der Waals surface area contributed by atoms with Crippen LogP contribution in [0.5, 0.6) is 11.5 Å². The highest BCUT2D eigenvalue weighted by atomic mass is 19.1. The molecule has 0 aliphatic carbocycles. The number of benzene rings is 1. The number of aromatic nitrogens is 1. The first-order valence-corrected chi connectivity index (χ1v) is 5.77. The topological polar surface area (TPSA) is 42.4 Å². The lowest BCUT2D eigenvalue weighted by atomic mass is 10.2. The Hall–Kier alpha value is -1.94. The van der Waals surface area contributed by atoms with Gasteiger partial charge in [0, 0.05) is 0 Å². The van der Waals surface area contributed by atoms with Crippen molar-refractivity contribution in [3.8, 4) is 11.5 Å². The molecule has 1 atom stereocenters. The number of pyridine rings is 1. The van der Waals surface area contributed by atoms with E-state index in [4.69, 9.17) is 4.74 Å². The molecule has 3 nitrogen and oxygen atoms in total. The monoisotopic (exact) mass is 247 g/mol. The van der Waals surface area contributed by atoms with Crippen molar-refractivity contribution < 1.29 is 14.2 Å². The van der Waals surface area contributed by atoms with E-state index in [0.29, 0.717) is 17.9 Å². The van der Waals surface area contributed by atoms with E-state index in [-0.39, 0.29) is 5.75 Å². The maximum atomic E-state index is 13.4. The Bertz CT molecular complexity index is 513. The third kappa shape index (κ3) is 2.84. The Morgan fingerprint density at radius 1 is 1.28 bits per heavy atom. The summed E-state index contributed by atoms with van der Waals surface area (Å²) in [7, 11) is 0. The maximum Gasteiger partial charge on any atom is 0.165 e. The highest BCUT2D eigenvalue weighted by Gasteiger charge is 2.07. The van der Waals surface area contributed by atoms with Crippen LogP contribution in [-0.4, -0.2) is 10.1 Å². The summed E-state index contributed by atoms with van der Waals surface area (Å²) in [6.07, 6.45) is 1.49. The number of aliphatic hydroxyl groups is 1. The van der Waals surface area contributed by atoms with Gasteiger partial charge in [-0.25, -0.2) is 4.39 Å². The van der Waals surface area contributed by atoms with Crippen molar-refractivity contribution in [2.75, 3.05) is 0 Å². The molecule has 0 saturated carbocycles. The van der Waals surface area contributed by atoms with Crippen LogP contribution >= 0.6 is 0 Å². The molecule has 1 heterocycles. The molecule has 0 radical (unpaired) electrons. The van der Waals surface area contributed by atoms with Crippen molar-refractivity contribution in [1.29, 1.82) is 0 Å². The van der Waals surface area contributed by atoms with Crippen molar-refractivity contribution in [3.63, 3.8) is 0 Å². The zero-order valence-corrected chi connectivity index (χ0v) is 10.0. The van der Waals surface area contributed by atoms with Crippen LogP contribution in [0.1, 0.15) is 25.1 Å². The second kappa shape index (κ2) is 5.60. The van der Waals surface area contributed by atoms with Gasteiger partial charge in [-0.1, -0.05) is 19.1 Å². The van der Waals surface area contributed by atoms with Crippen LogP contribution in [0, 0.1) is 5.82 Å². The summed E-state index contributed by atoms with van der Waals surface area (Å²) in [6.45, 7) is 1.87. The fourth-order valence-corrected chi connectivity index (χ4v) is 1.51. The third-order valence-corrected chi connectivity index (χ3v) is 2.55. The number of hydrogen-bond acceptors (Lipinski definition) is 3. The van der Waals surface area contributed by atoms with E-state index in [1.54, 1.807) is 30.3 Å². The first-order chi connectivity index (χ1) is 8.70. The lowest BCUT2D eigenvalue weighted by Gasteiger charge is -2.09. The molecule has 1 N–H and O–H groups in total. The Morgan fingerprint density at radius 2 is 2.06 bits per heavy atom. The second-order valence-corrected chi connectivity index (χ2v) is 3.88. The molecule has 1 aromatic carbocycles. The summed E-state index contributed by atoms with van der Waals surface area (Å²) in [5.74, 6) is 0.172. The smallest absolute Gasteiger partial charge is 0.165 e. The van der Waals surface area contributed by atoms with Gasteiger partial charge >= 0.3 is 0 Å². The second-order valence-electron chi connectivity index (χ2n) is 3.88. The number of hydrogen-bond donors (Lipinski definition) is 1. The van der Waals surface area contributed by atoms with E-state index in [1.165, 1.54) is 12.3 Å². The Kier molecular flexibility index (Phi) is 3.89. The van der Waals surface area contributed by atoms with Gasteiger partial charge in [0.15, 0.2) is 11.6 Å². The molecule has 2 rings (SSSR count). The highest BCUT2D eigenvalue weighted by Crippen LogP contribution is 2.24. The van der Waals surface area contributed by atoms with Gasteiger partial charge in [-0.2, -0.15) is 0 Å². The number of para-hydroxylation sites is 1. The molecule has 1 aromatic heterocycles. The predicted octanol–water partition coefficient (Wildman–Crippen LogP) is 3.46. The lowest BCUT2D eigenvalue weighted by Crippen LogP contribution is -1.98. The molecule has 0 spiro atoms. The summed E-state index contributed by atoms with van der Waals surface area (Å²) in [4.78, 5) is 4.08. The molecule has 0 bridgehead atoms. The molecule has 18 heavy (non-hydrogen) atoms. The standard InChI is InChI=1S/C14H14FNO2/c1-2-13(17)12-8-7-10(9-16-12)18-14-6-4-3-5-11(14)15/h3-9,13,17H,2H2,1H3. The molecular weight excluding hydrogens is 233 g/mol. The van der Waals surface area contributed by atoms with Gasteiger partial charge in [0.1, 0.15) is 5.75 Å². The average molecular weight is 247 g/mol. The van der Waals surface area contributed by atoms with Gasteiger partial charge < -0.3 is 9.84 Å². The van der Waals surface area contributed by atoms with E-state index in [1.807, 2.05) is 6.92 Å². The number of rotatable bonds is 4. The largest absolute Gasteiger partial charge is 0.453 e. The van der Waals surface area contributed by atoms with Crippen LogP contribution in [0.15, 0.2) is 42.6 Å². The molecule has 4 heteroatoms. The summed E-state index contributed by atoms with van der Waals surface area (Å²) >= 11 is 0. The number of halogens is 1. The van der Waals surface area contributed by atoms with Crippen LogP contribution in [-0.2, 0) is 0 Å². The fraction of sp³-hybridized carbons (Fsp3) is 0.214. The molecule has 94 valence electrons. The van der Waals surface area contributed by atoms with Gasteiger partial charge in [0.05, 0.1) is 18.0 Å². The van der Waals surface area contributed by atoms with Crippen LogP contribution in [0.3, 0.4) is 0 Å². The summed E-state index contributed by atoms with van der Waals surface area (Å²) in [5.41, 5.74) is 0.582. The normalized spacial score (nSPS) is 12.2. The number of nitrogens with zero attached hydrogens (tertiary/aromatic N) is 1. The van der Waals surface area contributed by atoms with E-state index in [9.17, 15) is 9.50 Å². The van der Waals surface area contributed by atoms with Gasteiger partial charge in [0.2, 0.25) is 0 Å². The minimum Gasteiger partial charge on any atom is -0.453 e. The average Bonchev–Trinajstić information content (AvgIpc) is 2.41. The molecule has 0 amide bonds. The van der Waals surface area contributed by atoms with Crippen molar-refractivity contribution in [1.82, 2.24) is 4.98 Å². The number of ether oxygens (including phenoxy) is 1. The maximum absolute atomic E-state index is 13.4. The van der Waals surface area contributed by atoms with Crippen LogP contribution in [0.4, 0.5) is 4.39 Å². The predicted molar refractivity (Wildman–Crippen MR) is 66.0 cm³/mol. The molecule has 0 saturated heterocycles. The van der Waals surface area contributed by atoms with E-state index in [0.717, 1.165) is 0 Å². The van der Waals surface area contributed by atoms with E-state index >= 15 is 0 Å². The first kappa shape index (κ1) is 12.5. The lowest BCUT2D eigenvalue weighted by molar-refractivity contribution is 0.169. The van der Waals surface area contributed by atoms with Crippen molar-refractivity contribution in [2.24, 2.45) is 0 Å². The van der Waals surface area contributed by atoms with Gasteiger partial charge in [-0.3, -0.25) is 4.98 Å². The van der Waals surface area contributed by atoms with Crippen molar-refractivity contribution in [3.05, 3.63) is 54.1 Å². The zero-order valence-electron chi connectivity index (χ0n) is 10.0. The molecular formula is C14H14FNO2. The van der Waals surface area contributed by atoms with Gasteiger partial charge in [-0.15, -0.1) is 0 Å². The van der Waals surface area contributed by atoms with Crippen LogP contribution < -0.4 is 4.74 Å². The highest BCUT2D eigenvalue weighted by molar-refractivity contribution is 5.31. The van der Waals surface area contributed by atoms with Gasteiger partial charge in [-0.05, 0) is 30.7 Å². The molecule has 2 aromatic rings. The third-order valence-electron chi connectivity index (χ3n) is 2.55. The summed E-state index contributed by atoms with van der Waals surface area (Å²) < 4.78 is 18.7. The van der Waals surface area contributed by atoms with E-state index in [2.05, 4.69) is 4.98 Å². The molecule has 1 unspecified atom stereocenters. The van der Waals surface area contributed by atoms with Crippen molar-refractivity contribution >= 4 is 0 Å². The number of aliphatic hydroxyl groups excluding tert-OH is 1. The van der Waals surface area contributed by atoms with Crippen LogP contribution in [0.25, 0.3) is 0 Å². The Balaban J connectivity index is 2.14. The van der Waals surface area contributed by atoms with Crippen molar-refractivity contribution in [2.45, 2.75) is 19.4 Å². The minimum atomic E-state index is -0.576. The molecule has 0 aliphatic rings. The SMILES string of the molecule is CCC(O)c1ccc(Oc2ccccc2F)cn1. The summed E-state index contributed by atoms with van der Waals surface area (Å²) in [5, 5.41) is 9.59. The zero-order chi connectivity index (χ0) is 13.0. The quantitative estimate of drug-likeness (QED) is 0.899. The molecule has 0 fully saturated rings. The Labute approximate surface area is 105 Å². The van der Waals surface area contributed by atoms with Crippen LogP contribution in [0.2, 0.25) is 0 Å².